The molecule has 0 aliphatic carbocycles. The first kappa shape index (κ1) is 16.1. The van der Waals surface area contributed by atoms with Crippen LogP contribution in [0.1, 0.15) is 30.9 Å². The van der Waals surface area contributed by atoms with Gasteiger partial charge in [0.1, 0.15) is 11.5 Å². The molecule has 2 aromatic rings. The van der Waals surface area contributed by atoms with E-state index in [-0.39, 0.29) is 18.6 Å². The number of hydrogen-bond acceptors (Lipinski definition) is 5. The van der Waals surface area contributed by atoms with E-state index in [2.05, 4.69) is 19.1 Å². The summed E-state index contributed by atoms with van der Waals surface area (Å²) in [6, 6.07) is 12.1. The third kappa shape index (κ3) is 2.50. The summed E-state index contributed by atoms with van der Waals surface area (Å²) in [5, 5.41) is 0. The minimum Gasteiger partial charge on any atom is -0.497 e. The molecular formula is C20H22O5. The van der Waals surface area contributed by atoms with Gasteiger partial charge in [-0.25, -0.2) is 0 Å². The number of ether oxygens (including phenoxy) is 5. The Kier molecular flexibility index (Phi) is 3.76. The van der Waals surface area contributed by atoms with Crippen molar-refractivity contribution in [2.75, 3.05) is 21.0 Å². The summed E-state index contributed by atoms with van der Waals surface area (Å²) in [6.45, 7) is 4.36. The maximum Gasteiger partial charge on any atom is 0.231 e. The Balaban J connectivity index is 1.86. The van der Waals surface area contributed by atoms with E-state index in [9.17, 15) is 0 Å². The summed E-state index contributed by atoms with van der Waals surface area (Å²) >= 11 is 0. The van der Waals surface area contributed by atoms with Gasteiger partial charge in [-0.3, -0.25) is 0 Å². The molecule has 0 spiro atoms. The number of hydrogen-bond donors (Lipinski definition) is 0. The van der Waals surface area contributed by atoms with Crippen molar-refractivity contribution < 1.29 is 23.7 Å². The lowest BCUT2D eigenvalue weighted by Gasteiger charge is -2.44. The summed E-state index contributed by atoms with van der Waals surface area (Å²) in [5.41, 5.74) is 2.26. The highest BCUT2D eigenvalue weighted by molar-refractivity contribution is 5.56. The zero-order chi connectivity index (χ0) is 17.6. The Bertz CT molecular complexity index is 785. The summed E-state index contributed by atoms with van der Waals surface area (Å²) < 4.78 is 28.3. The molecule has 5 nitrogen and oxygen atoms in total. The molecule has 4 rings (SSSR count). The number of methoxy groups -OCH3 is 2. The van der Waals surface area contributed by atoms with Crippen LogP contribution in [0.25, 0.3) is 0 Å². The standard InChI is InChI=1S/C20H22O5/c1-12-19(13-5-7-14(21-3)8-6-13)15-9-17-18(24-11-23-17)10-16(15)25-20(12,2)22-4/h5-10,12,19H,11H2,1-4H3/t12-,19-,20-/m1/s1. The normalized spacial score (nSPS) is 26.7. The van der Waals surface area contributed by atoms with Gasteiger partial charge in [0.25, 0.3) is 0 Å². The van der Waals surface area contributed by atoms with Crippen LogP contribution >= 0.6 is 0 Å². The fourth-order valence-corrected chi connectivity index (χ4v) is 3.66. The smallest absolute Gasteiger partial charge is 0.231 e. The van der Waals surface area contributed by atoms with Crippen LogP contribution in [0.15, 0.2) is 36.4 Å². The van der Waals surface area contributed by atoms with Crippen LogP contribution in [0, 0.1) is 5.92 Å². The van der Waals surface area contributed by atoms with Crippen LogP contribution in [0.5, 0.6) is 23.0 Å². The molecule has 0 N–H and O–H groups in total. The van der Waals surface area contributed by atoms with Gasteiger partial charge in [-0.15, -0.1) is 0 Å². The molecule has 132 valence electrons. The van der Waals surface area contributed by atoms with Gasteiger partial charge >= 0.3 is 0 Å². The Morgan fingerprint density at radius 3 is 2.32 bits per heavy atom. The second-order valence-electron chi connectivity index (χ2n) is 6.60. The zero-order valence-corrected chi connectivity index (χ0v) is 14.9. The van der Waals surface area contributed by atoms with Crippen LogP contribution in [0.3, 0.4) is 0 Å². The SMILES string of the molecule is COc1ccc([C@@H]2c3cc4c(cc3O[C@@](C)(OC)[C@@H]2C)OCO4)cc1. The van der Waals surface area contributed by atoms with Crippen molar-refractivity contribution in [3.05, 3.63) is 47.5 Å². The van der Waals surface area contributed by atoms with Crippen molar-refractivity contribution in [2.45, 2.75) is 25.6 Å². The van der Waals surface area contributed by atoms with Gasteiger partial charge in [0, 0.05) is 37.5 Å². The molecule has 0 saturated heterocycles. The second-order valence-corrected chi connectivity index (χ2v) is 6.60. The van der Waals surface area contributed by atoms with E-state index in [0.717, 1.165) is 22.8 Å². The molecule has 0 radical (unpaired) electrons. The maximum absolute atomic E-state index is 6.22. The second kappa shape index (κ2) is 5.85. The molecule has 2 aromatic carbocycles. The van der Waals surface area contributed by atoms with Crippen LogP contribution in [0.4, 0.5) is 0 Å². The quantitative estimate of drug-likeness (QED) is 0.845. The molecule has 0 amide bonds. The van der Waals surface area contributed by atoms with E-state index >= 15 is 0 Å². The number of benzene rings is 2. The number of rotatable bonds is 3. The molecular weight excluding hydrogens is 320 g/mol. The summed E-state index contributed by atoms with van der Waals surface area (Å²) in [6.07, 6.45) is 0. The molecule has 5 heteroatoms. The monoisotopic (exact) mass is 342 g/mol. The van der Waals surface area contributed by atoms with Crippen LogP contribution in [0.2, 0.25) is 0 Å². The topological polar surface area (TPSA) is 46.2 Å². The highest BCUT2D eigenvalue weighted by Crippen LogP contribution is 2.52. The molecule has 0 saturated carbocycles. The van der Waals surface area contributed by atoms with Gasteiger partial charge in [-0.1, -0.05) is 19.1 Å². The third-order valence-corrected chi connectivity index (χ3v) is 5.36. The maximum atomic E-state index is 6.22. The predicted molar refractivity (Wildman–Crippen MR) is 92.6 cm³/mol. The first-order valence-electron chi connectivity index (χ1n) is 8.37. The van der Waals surface area contributed by atoms with E-state index in [1.165, 1.54) is 5.56 Å². The lowest BCUT2D eigenvalue weighted by atomic mass is 9.75. The van der Waals surface area contributed by atoms with Crippen molar-refractivity contribution in [3.8, 4) is 23.0 Å². The average molecular weight is 342 g/mol. The van der Waals surface area contributed by atoms with E-state index < -0.39 is 5.79 Å². The molecule has 25 heavy (non-hydrogen) atoms. The van der Waals surface area contributed by atoms with Crippen molar-refractivity contribution in [1.29, 1.82) is 0 Å². The fourth-order valence-electron chi connectivity index (χ4n) is 3.66. The van der Waals surface area contributed by atoms with Crippen LogP contribution < -0.4 is 18.9 Å². The molecule has 2 aliphatic heterocycles. The number of fused-ring (bicyclic) bond motifs is 2. The zero-order valence-electron chi connectivity index (χ0n) is 14.9. The van der Waals surface area contributed by atoms with Gasteiger partial charge in [0.15, 0.2) is 11.5 Å². The average Bonchev–Trinajstić information content (AvgIpc) is 3.09. The lowest BCUT2D eigenvalue weighted by molar-refractivity contribution is -0.194. The lowest BCUT2D eigenvalue weighted by Crippen LogP contribution is -2.47. The highest BCUT2D eigenvalue weighted by atomic mass is 16.7. The molecule has 0 aromatic heterocycles. The predicted octanol–water partition coefficient (Wildman–Crippen LogP) is 3.95. The van der Waals surface area contributed by atoms with Crippen LogP contribution in [-0.4, -0.2) is 26.8 Å². The van der Waals surface area contributed by atoms with E-state index in [1.54, 1.807) is 14.2 Å². The Labute approximate surface area is 147 Å². The van der Waals surface area contributed by atoms with Gasteiger partial charge in [0.05, 0.1) is 7.11 Å². The van der Waals surface area contributed by atoms with Gasteiger partial charge in [-0.05, 0) is 23.8 Å². The van der Waals surface area contributed by atoms with Crippen molar-refractivity contribution in [1.82, 2.24) is 0 Å². The fraction of sp³-hybridized carbons (Fsp3) is 0.400. The van der Waals surface area contributed by atoms with E-state index in [0.29, 0.717) is 5.75 Å². The van der Waals surface area contributed by atoms with Gasteiger partial charge < -0.3 is 23.7 Å². The molecule has 2 heterocycles. The largest absolute Gasteiger partial charge is 0.497 e. The van der Waals surface area contributed by atoms with E-state index in [4.69, 9.17) is 23.7 Å². The minimum absolute atomic E-state index is 0.0961. The summed E-state index contributed by atoms with van der Waals surface area (Å²) in [5.74, 6) is 2.55. The van der Waals surface area contributed by atoms with Crippen LogP contribution in [-0.2, 0) is 4.74 Å². The van der Waals surface area contributed by atoms with E-state index in [1.807, 2.05) is 31.2 Å². The molecule has 0 unspecified atom stereocenters. The Hall–Kier alpha value is -2.40. The highest BCUT2D eigenvalue weighted by Gasteiger charge is 2.46. The van der Waals surface area contributed by atoms with Crippen molar-refractivity contribution in [3.63, 3.8) is 0 Å². The molecule has 3 atom stereocenters. The molecule has 0 fully saturated rings. The summed E-state index contributed by atoms with van der Waals surface area (Å²) in [7, 11) is 3.35. The summed E-state index contributed by atoms with van der Waals surface area (Å²) in [4.78, 5) is 0. The Morgan fingerprint density at radius 2 is 1.68 bits per heavy atom. The first-order valence-corrected chi connectivity index (χ1v) is 8.37. The van der Waals surface area contributed by atoms with Gasteiger partial charge in [0.2, 0.25) is 12.6 Å². The minimum atomic E-state index is -0.731. The third-order valence-electron chi connectivity index (χ3n) is 5.36. The Morgan fingerprint density at radius 1 is 1.00 bits per heavy atom. The van der Waals surface area contributed by atoms with Crippen molar-refractivity contribution >= 4 is 0 Å². The first-order chi connectivity index (χ1) is 12.1. The molecule has 2 aliphatic rings. The van der Waals surface area contributed by atoms with Crippen molar-refractivity contribution in [2.24, 2.45) is 5.92 Å². The molecule has 0 bridgehead atoms. The van der Waals surface area contributed by atoms with Gasteiger partial charge in [-0.2, -0.15) is 0 Å².